The molecule has 96 valence electrons. The molecule has 1 aromatic carbocycles. The molecule has 0 spiro atoms. The fourth-order valence-corrected chi connectivity index (χ4v) is 1.74. The maximum Gasteiger partial charge on any atom is 0.228 e. The zero-order valence-electron chi connectivity index (χ0n) is 10.9. The first kappa shape index (κ1) is 12.8. The normalized spacial score (nSPS) is 12.6. The Morgan fingerprint density at radius 2 is 2.00 bits per heavy atom. The Labute approximate surface area is 107 Å². The van der Waals surface area contributed by atoms with Crippen molar-refractivity contribution in [2.75, 3.05) is 7.05 Å². The number of hydrogen-bond acceptors (Lipinski definition) is 4. The lowest BCUT2D eigenvalue weighted by Crippen LogP contribution is -2.23. The summed E-state index contributed by atoms with van der Waals surface area (Å²) < 4.78 is 5.22. The third kappa shape index (κ3) is 3.67. The Kier molecular flexibility index (Phi) is 4.47. The van der Waals surface area contributed by atoms with Crippen LogP contribution in [0, 0.1) is 0 Å². The second kappa shape index (κ2) is 6.31. The minimum atomic E-state index is 0.354. The van der Waals surface area contributed by atoms with Gasteiger partial charge in [0.05, 0.1) is 0 Å². The molecule has 2 rings (SSSR count). The first-order valence-electron chi connectivity index (χ1n) is 6.30. The van der Waals surface area contributed by atoms with Crippen LogP contribution in [0.3, 0.4) is 0 Å². The zero-order valence-corrected chi connectivity index (χ0v) is 10.9. The van der Waals surface area contributed by atoms with Gasteiger partial charge < -0.3 is 9.84 Å². The van der Waals surface area contributed by atoms with Gasteiger partial charge in [0.2, 0.25) is 5.89 Å². The predicted octanol–water partition coefficient (Wildman–Crippen LogP) is 2.01. The van der Waals surface area contributed by atoms with E-state index in [2.05, 4.69) is 34.5 Å². The second-order valence-corrected chi connectivity index (χ2v) is 4.48. The molecule has 0 saturated heterocycles. The quantitative estimate of drug-likeness (QED) is 0.845. The fraction of sp³-hybridized carbons (Fsp3) is 0.429. The van der Waals surface area contributed by atoms with Crippen molar-refractivity contribution in [1.82, 2.24) is 15.5 Å². The molecule has 2 aromatic rings. The molecule has 1 N–H and O–H groups in total. The number of benzene rings is 1. The summed E-state index contributed by atoms with van der Waals surface area (Å²) in [4.78, 5) is 4.40. The van der Waals surface area contributed by atoms with E-state index in [0.29, 0.717) is 11.9 Å². The van der Waals surface area contributed by atoms with Gasteiger partial charge in [0.15, 0.2) is 5.82 Å². The van der Waals surface area contributed by atoms with Crippen molar-refractivity contribution in [3.05, 3.63) is 47.6 Å². The van der Waals surface area contributed by atoms with Crippen LogP contribution in [0.1, 0.15) is 24.2 Å². The highest BCUT2D eigenvalue weighted by Crippen LogP contribution is 2.06. The summed E-state index contributed by atoms with van der Waals surface area (Å²) in [6.45, 7) is 2.09. The van der Waals surface area contributed by atoms with Crippen LogP contribution in [0.4, 0.5) is 0 Å². The fourth-order valence-electron chi connectivity index (χ4n) is 1.74. The third-order valence-electron chi connectivity index (χ3n) is 2.96. The molecule has 0 bridgehead atoms. The lowest BCUT2D eigenvalue weighted by molar-refractivity contribution is 0.360. The van der Waals surface area contributed by atoms with Crippen molar-refractivity contribution >= 4 is 0 Å². The second-order valence-electron chi connectivity index (χ2n) is 4.48. The number of rotatable bonds is 6. The zero-order chi connectivity index (χ0) is 12.8. The number of nitrogens with zero attached hydrogens (tertiary/aromatic N) is 2. The van der Waals surface area contributed by atoms with Crippen molar-refractivity contribution in [1.29, 1.82) is 0 Å². The molecular weight excluding hydrogens is 226 g/mol. The molecule has 0 fully saturated rings. The highest BCUT2D eigenvalue weighted by Gasteiger charge is 2.09. The SMILES string of the molecule is CNC(C)Cc1nc(CCc2ccccc2)no1. The van der Waals surface area contributed by atoms with Crippen molar-refractivity contribution < 1.29 is 4.52 Å². The van der Waals surface area contributed by atoms with Gasteiger partial charge >= 0.3 is 0 Å². The highest BCUT2D eigenvalue weighted by molar-refractivity contribution is 5.15. The molecule has 4 nitrogen and oxygen atoms in total. The van der Waals surface area contributed by atoms with Crippen LogP contribution in [-0.2, 0) is 19.3 Å². The van der Waals surface area contributed by atoms with Gasteiger partial charge in [0.25, 0.3) is 0 Å². The van der Waals surface area contributed by atoms with E-state index in [0.717, 1.165) is 25.1 Å². The van der Waals surface area contributed by atoms with Crippen molar-refractivity contribution in [2.45, 2.75) is 32.2 Å². The van der Waals surface area contributed by atoms with Gasteiger partial charge in [-0.25, -0.2) is 0 Å². The molecule has 0 aliphatic heterocycles. The molecule has 18 heavy (non-hydrogen) atoms. The molecule has 0 radical (unpaired) electrons. The Hall–Kier alpha value is -1.68. The van der Waals surface area contributed by atoms with Gasteiger partial charge in [-0.1, -0.05) is 35.5 Å². The summed E-state index contributed by atoms with van der Waals surface area (Å²) in [5.74, 6) is 1.50. The van der Waals surface area contributed by atoms with Crippen molar-refractivity contribution in [3.8, 4) is 0 Å². The van der Waals surface area contributed by atoms with E-state index in [1.807, 2.05) is 25.2 Å². The first-order valence-corrected chi connectivity index (χ1v) is 6.30. The minimum Gasteiger partial charge on any atom is -0.339 e. The van der Waals surface area contributed by atoms with Crippen LogP contribution in [0.5, 0.6) is 0 Å². The highest BCUT2D eigenvalue weighted by atomic mass is 16.5. The summed E-state index contributed by atoms with van der Waals surface area (Å²) in [7, 11) is 1.93. The van der Waals surface area contributed by atoms with Gasteiger partial charge in [0, 0.05) is 18.9 Å². The number of aryl methyl sites for hydroxylation is 2. The number of hydrogen-bond donors (Lipinski definition) is 1. The predicted molar refractivity (Wildman–Crippen MR) is 70.4 cm³/mol. The van der Waals surface area contributed by atoms with Gasteiger partial charge in [-0.15, -0.1) is 0 Å². The average molecular weight is 245 g/mol. The molecule has 4 heteroatoms. The Bertz CT molecular complexity index is 467. The largest absolute Gasteiger partial charge is 0.339 e. The van der Waals surface area contributed by atoms with Crippen LogP contribution >= 0.6 is 0 Å². The van der Waals surface area contributed by atoms with E-state index in [1.165, 1.54) is 5.56 Å². The van der Waals surface area contributed by atoms with Crippen LogP contribution in [0.2, 0.25) is 0 Å². The standard InChI is InChI=1S/C14H19N3O/c1-11(15-2)10-14-16-13(17-18-14)9-8-12-6-4-3-5-7-12/h3-7,11,15H,8-10H2,1-2H3. The molecule has 0 aliphatic rings. The van der Waals surface area contributed by atoms with Crippen molar-refractivity contribution in [2.24, 2.45) is 0 Å². The van der Waals surface area contributed by atoms with Crippen LogP contribution in [-0.4, -0.2) is 23.2 Å². The van der Waals surface area contributed by atoms with Gasteiger partial charge in [-0.2, -0.15) is 4.98 Å². The van der Waals surface area contributed by atoms with E-state index < -0.39 is 0 Å². The van der Waals surface area contributed by atoms with Crippen LogP contribution in [0.25, 0.3) is 0 Å². The summed E-state index contributed by atoms with van der Waals surface area (Å²) in [6, 6.07) is 10.7. The lowest BCUT2D eigenvalue weighted by atomic mass is 10.1. The molecule has 1 heterocycles. The monoisotopic (exact) mass is 245 g/mol. The van der Waals surface area contributed by atoms with E-state index in [-0.39, 0.29) is 0 Å². The summed E-state index contributed by atoms with van der Waals surface area (Å²) in [5, 5.41) is 7.16. The Morgan fingerprint density at radius 3 is 2.72 bits per heavy atom. The Balaban J connectivity index is 1.87. The minimum absolute atomic E-state index is 0.354. The van der Waals surface area contributed by atoms with E-state index >= 15 is 0 Å². The summed E-state index contributed by atoms with van der Waals surface area (Å²) in [5.41, 5.74) is 1.30. The van der Waals surface area contributed by atoms with Crippen LogP contribution in [0.15, 0.2) is 34.9 Å². The van der Waals surface area contributed by atoms with Gasteiger partial charge in [-0.3, -0.25) is 0 Å². The van der Waals surface area contributed by atoms with Crippen LogP contribution < -0.4 is 5.32 Å². The molecule has 1 unspecified atom stereocenters. The number of likely N-dealkylation sites (N-methyl/N-ethyl adjacent to an activating group) is 1. The molecule has 1 atom stereocenters. The smallest absolute Gasteiger partial charge is 0.228 e. The lowest BCUT2D eigenvalue weighted by Gasteiger charge is -2.04. The average Bonchev–Trinajstić information content (AvgIpc) is 2.85. The maximum absolute atomic E-state index is 5.22. The molecule has 0 saturated carbocycles. The summed E-state index contributed by atoms with van der Waals surface area (Å²) in [6.07, 6.45) is 2.54. The molecule has 1 aromatic heterocycles. The van der Waals surface area contributed by atoms with Gasteiger partial charge in [0.1, 0.15) is 0 Å². The molecule has 0 aliphatic carbocycles. The van der Waals surface area contributed by atoms with Crippen molar-refractivity contribution in [3.63, 3.8) is 0 Å². The molecular formula is C14H19N3O. The summed E-state index contributed by atoms with van der Waals surface area (Å²) >= 11 is 0. The third-order valence-corrected chi connectivity index (χ3v) is 2.96. The van der Waals surface area contributed by atoms with E-state index in [1.54, 1.807) is 0 Å². The number of nitrogens with one attached hydrogen (secondary N) is 1. The van der Waals surface area contributed by atoms with Gasteiger partial charge in [-0.05, 0) is 26.0 Å². The first-order chi connectivity index (χ1) is 8.78. The molecule has 0 amide bonds. The van der Waals surface area contributed by atoms with E-state index in [9.17, 15) is 0 Å². The Morgan fingerprint density at radius 1 is 1.22 bits per heavy atom. The topological polar surface area (TPSA) is 51.0 Å². The number of aromatic nitrogens is 2. The van der Waals surface area contributed by atoms with E-state index in [4.69, 9.17) is 4.52 Å². The maximum atomic E-state index is 5.22.